The summed E-state index contributed by atoms with van der Waals surface area (Å²) in [4.78, 5) is 26.7. The molecule has 1 atom stereocenters. The summed E-state index contributed by atoms with van der Waals surface area (Å²) in [6, 6.07) is 11.1. The van der Waals surface area contributed by atoms with Crippen LogP contribution in [0.5, 0.6) is 23.0 Å². The number of rotatable bonds is 6. The molecule has 1 aliphatic heterocycles. The molecule has 2 heterocycles. The predicted molar refractivity (Wildman–Crippen MR) is 137 cm³/mol. The van der Waals surface area contributed by atoms with Crippen LogP contribution in [0.1, 0.15) is 24.0 Å². The zero-order chi connectivity index (χ0) is 26.9. The van der Waals surface area contributed by atoms with Crippen molar-refractivity contribution >= 4 is 34.8 Å². The van der Waals surface area contributed by atoms with Gasteiger partial charge in [-0.2, -0.15) is 5.26 Å². The van der Waals surface area contributed by atoms with E-state index in [1.165, 1.54) is 32.4 Å². The zero-order valence-corrected chi connectivity index (χ0v) is 21.0. The number of nitrogens with two attached hydrogens (primary N) is 1. The highest BCUT2D eigenvalue weighted by Gasteiger charge is 2.36. The number of phenolic OH excluding ortho intramolecular Hbond substituents is 2. The number of hydrogen-bond acceptors (Lipinski definition) is 10. The highest BCUT2D eigenvalue weighted by Crippen LogP contribution is 2.39. The van der Waals surface area contributed by atoms with Crippen LogP contribution < -0.4 is 30.0 Å². The number of hydrogen-bond donors (Lipinski definition) is 3. The number of thiazole rings is 1. The molecule has 1 aliphatic rings. The van der Waals surface area contributed by atoms with Gasteiger partial charge in [-0.3, -0.25) is 9.36 Å². The summed E-state index contributed by atoms with van der Waals surface area (Å²) < 4.78 is 17.2. The Balaban J connectivity index is 2.08. The molecule has 0 saturated carbocycles. The number of benzene rings is 2. The lowest BCUT2D eigenvalue weighted by molar-refractivity contribution is -0.136. The predicted octanol–water partition coefficient (Wildman–Crippen LogP) is 1.33. The molecule has 4 N–H and O–H groups in total. The Bertz CT molecular complexity index is 1660. The number of esters is 1. The van der Waals surface area contributed by atoms with E-state index in [2.05, 4.69) is 0 Å². The molecule has 0 saturated heterocycles. The van der Waals surface area contributed by atoms with Gasteiger partial charge in [0.05, 0.1) is 48.5 Å². The molecular weight excluding hydrogens is 498 g/mol. The van der Waals surface area contributed by atoms with Crippen LogP contribution in [0.15, 0.2) is 46.8 Å². The Kier molecular flexibility index (Phi) is 6.95. The van der Waals surface area contributed by atoms with E-state index in [-0.39, 0.29) is 55.8 Å². The lowest BCUT2D eigenvalue weighted by atomic mass is 9.83. The molecule has 2 aromatic carbocycles. The van der Waals surface area contributed by atoms with Crippen molar-refractivity contribution in [3.63, 3.8) is 0 Å². The second-order valence-electron chi connectivity index (χ2n) is 7.90. The first-order valence-corrected chi connectivity index (χ1v) is 11.9. The third kappa shape index (κ3) is 4.39. The Morgan fingerprint density at radius 1 is 1.16 bits per heavy atom. The molecule has 0 bridgehead atoms. The zero-order valence-electron chi connectivity index (χ0n) is 20.1. The van der Waals surface area contributed by atoms with Crippen molar-refractivity contribution in [2.24, 2.45) is 5.73 Å². The van der Waals surface area contributed by atoms with Crippen LogP contribution >= 0.6 is 11.3 Å². The largest absolute Gasteiger partial charge is 0.504 e. The van der Waals surface area contributed by atoms with Crippen molar-refractivity contribution in [1.29, 1.82) is 5.26 Å². The third-order valence-corrected chi connectivity index (χ3v) is 6.91. The maximum atomic E-state index is 13.4. The van der Waals surface area contributed by atoms with Gasteiger partial charge in [-0.05, 0) is 48.4 Å². The Hall–Kier alpha value is -4.69. The molecule has 190 valence electrons. The number of carbonyl (C=O) groups is 1. The minimum absolute atomic E-state index is 0.0268. The van der Waals surface area contributed by atoms with Gasteiger partial charge in [0.1, 0.15) is 10.5 Å². The lowest BCUT2D eigenvalue weighted by Gasteiger charge is -2.25. The molecule has 1 unspecified atom stereocenters. The van der Waals surface area contributed by atoms with E-state index in [0.29, 0.717) is 11.1 Å². The quantitative estimate of drug-likeness (QED) is 0.407. The Morgan fingerprint density at radius 2 is 1.81 bits per heavy atom. The van der Waals surface area contributed by atoms with Gasteiger partial charge in [-0.15, -0.1) is 11.3 Å². The average Bonchev–Trinajstić information content (AvgIpc) is 3.21. The highest BCUT2D eigenvalue weighted by molar-refractivity contribution is 7.07. The summed E-state index contributed by atoms with van der Waals surface area (Å²) >= 11 is 1.01. The molecule has 0 spiro atoms. The molecule has 3 aromatic rings. The van der Waals surface area contributed by atoms with Crippen LogP contribution in [-0.4, -0.2) is 41.6 Å². The second kappa shape index (κ2) is 10.1. The minimum atomic E-state index is -0.974. The van der Waals surface area contributed by atoms with Gasteiger partial charge in [-0.25, -0.2) is 4.79 Å². The standard InChI is InChI=1S/C26H23N3O7S/c1-4-36-26(33)22-21(14-6-8-17(31)19(11-14)35-3)15(12-27)23(28)29-24(32)20(37-25(22)29)10-13-5-7-16(30)18(9-13)34-2/h5-11,21,30-31H,4,28H2,1-3H3. The van der Waals surface area contributed by atoms with Crippen molar-refractivity contribution < 1.29 is 29.2 Å². The fraction of sp³-hybridized carbons (Fsp3) is 0.192. The number of aromatic nitrogens is 1. The van der Waals surface area contributed by atoms with Crippen molar-refractivity contribution in [3.8, 4) is 29.1 Å². The molecule has 0 amide bonds. The van der Waals surface area contributed by atoms with Crippen LogP contribution in [0, 0.1) is 11.3 Å². The molecule has 11 heteroatoms. The van der Waals surface area contributed by atoms with Crippen LogP contribution in [0.4, 0.5) is 0 Å². The average molecular weight is 522 g/mol. The summed E-state index contributed by atoms with van der Waals surface area (Å²) in [5, 5.41) is 30.0. The van der Waals surface area contributed by atoms with Crippen molar-refractivity contribution in [1.82, 2.24) is 4.57 Å². The number of methoxy groups -OCH3 is 2. The number of aromatic hydroxyl groups is 2. The number of fused-ring (bicyclic) bond motifs is 1. The fourth-order valence-corrected chi connectivity index (χ4v) is 5.26. The molecule has 0 aliphatic carbocycles. The van der Waals surface area contributed by atoms with E-state index in [1.54, 1.807) is 31.2 Å². The Morgan fingerprint density at radius 3 is 2.43 bits per heavy atom. The smallest absolute Gasteiger partial charge is 0.338 e. The van der Waals surface area contributed by atoms with Gasteiger partial charge in [0, 0.05) is 0 Å². The molecule has 0 radical (unpaired) electrons. The first-order chi connectivity index (χ1) is 17.7. The van der Waals surface area contributed by atoms with Gasteiger partial charge < -0.3 is 30.2 Å². The first kappa shape index (κ1) is 25.4. The Labute approximate surface area is 215 Å². The molecule has 10 nitrogen and oxygen atoms in total. The normalized spacial score (nSPS) is 15.2. The number of nitriles is 1. The van der Waals surface area contributed by atoms with Gasteiger partial charge >= 0.3 is 5.97 Å². The SMILES string of the molecule is CCOC(=O)C1=c2sc(=Cc3ccc(O)c(OC)c3)c(=O)n2C(N)=C(C#N)C1c1ccc(O)c(OC)c1. The van der Waals surface area contributed by atoms with Crippen LogP contribution in [0.2, 0.25) is 0 Å². The second-order valence-corrected chi connectivity index (χ2v) is 8.93. The van der Waals surface area contributed by atoms with Crippen molar-refractivity contribution in [2.75, 3.05) is 20.8 Å². The summed E-state index contributed by atoms with van der Waals surface area (Å²) in [6.45, 7) is 1.71. The van der Waals surface area contributed by atoms with Gasteiger partial charge in [0.25, 0.3) is 5.56 Å². The first-order valence-electron chi connectivity index (χ1n) is 11.0. The summed E-state index contributed by atoms with van der Waals surface area (Å²) in [6.07, 6.45) is 1.57. The van der Waals surface area contributed by atoms with Crippen LogP contribution in [0.3, 0.4) is 0 Å². The minimum Gasteiger partial charge on any atom is -0.504 e. The summed E-state index contributed by atoms with van der Waals surface area (Å²) in [5.41, 5.74) is 6.86. The number of ether oxygens (including phenoxy) is 3. The fourth-order valence-electron chi connectivity index (χ4n) is 4.10. The third-order valence-electron chi connectivity index (χ3n) is 5.80. The molecule has 4 rings (SSSR count). The maximum absolute atomic E-state index is 13.4. The monoisotopic (exact) mass is 521 g/mol. The van der Waals surface area contributed by atoms with E-state index >= 15 is 0 Å². The highest BCUT2D eigenvalue weighted by atomic mass is 32.1. The summed E-state index contributed by atoms with van der Waals surface area (Å²) in [7, 11) is 2.79. The number of allylic oxidation sites excluding steroid dienone is 1. The molecule has 0 fully saturated rings. The van der Waals surface area contributed by atoms with E-state index in [0.717, 1.165) is 15.9 Å². The van der Waals surface area contributed by atoms with E-state index in [9.17, 15) is 25.1 Å². The number of carbonyl (C=O) groups excluding carboxylic acids is 1. The topological polar surface area (TPSA) is 157 Å². The molecule has 1 aromatic heterocycles. The molecular formula is C26H23N3O7S. The van der Waals surface area contributed by atoms with E-state index in [4.69, 9.17) is 19.9 Å². The van der Waals surface area contributed by atoms with E-state index < -0.39 is 17.4 Å². The summed E-state index contributed by atoms with van der Waals surface area (Å²) in [5.74, 6) is -1.62. The van der Waals surface area contributed by atoms with Crippen molar-refractivity contribution in [3.05, 3.63) is 72.6 Å². The molecule has 37 heavy (non-hydrogen) atoms. The van der Waals surface area contributed by atoms with Crippen LogP contribution in [0.25, 0.3) is 17.5 Å². The van der Waals surface area contributed by atoms with E-state index in [1.807, 2.05) is 6.07 Å². The van der Waals surface area contributed by atoms with Gasteiger partial charge in [0.2, 0.25) is 0 Å². The lowest BCUT2D eigenvalue weighted by Crippen LogP contribution is -2.40. The number of phenols is 2. The van der Waals surface area contributed by atoms with Crippen molar-refractivity contribution in [2.45, 2.75) is 12.8 Å². The maximum Gasteiger partial charge on any atom is 0.338 e. The van der Waals surface area contributed by atoms with Gasteiger partial charge in [-0.1, -0.05) is 12.1 Å². The number of nitrogens with zero attached hydrogens (tertiary/aromatic N) is 2. The van der Waals surface area contributed by atoms with Crippen LogP contribution in [-0.2, 0) is 9.53 Å². The van der Waals surface area contributed by atoms with Gasteiger partial charge in [0.15, 0.2) is 23.0 Å².